The normalized spacial score (nSPS) is 21.5. The molecule has 1 fully saturated rings. The number of hydrogen-bond donors (Lipinski definition) is 2. The van der Waals surface area contributed by atoms with Crippen LogP contribution in [0.25, 0.3) is 0 Å². The molecule has 0 spiro atoms. The van der Waals surface area contributed by atoms with Crippen LogP contribution in [0.4, 0.5) is 0 Å². The van der Waals surface area contributed by atoms with E-state index in [9.17, 15) is 9.90 Å². The van der Waals surface area contributed by atoms with E-state index in [0.717, 1.165) is 32.2 Å². The number of ether oxygens (including phenoxy) is 1. The molecule has 1 aliphatic rings. The summed E-state index contributed by atoms with van der Waals surface area (Å²) in [6.45, 7) is 0.751. The van der Waals surface area contributed by atoms with E-state index in [4.69, 9.17) is 4.74 Å². The largest absolute Gasteiger partial charge is 0.459 e. The molecule has 0 saturated heterocycles. The maximum Gasteiger partial charge on any atom is 0.339 e. The third kappa shape index (κ3) is 4.91. The standard InChI is InChI=1S/C21H25NO3/c23-20(17-11-5-2-6-12-17)21(24)25-19-14-8-7-13-18(19)22-15-16-9-3-1-4-10-16/h1-6,9-12,18-20,22-23H,7-8,13-15H2. The molecule has 0 aromatic heterocycles. The molecule has 2 aromatic rings. The summed E-state index contributed by atoms with van der Waals surface area (Å²) >= 11 is 0. The van der Waals surface area contributed by atoms with Gasteiger partial charge in [-0.3, -0.25) is 0 Å². The fourth-order valence-electron chi connectivity index (χ4n) is 3.30. The predicted octanol–water partition coefficient (Wildman–Crippen LogP) is 3.36. The zero-order valence-corrected chi connectivity index (χ0v) is 14.3. The Hall–Kier alpha value is -2.17. The molecule has 1 saturated carbocycles. The summed E-state index contributed by atoms with van der Waals surface area (Å²) in [6, 6.07) is 19.2. The molecule has 25 heavy (non-hydrogen) atoms. The Labute approximate surface area is 148 Å². The smallest absolute Gasteiger partial charge is 0.339 e. The first kappa shape index (κ1) is 17.6. The van der Waals surface area contributed by atoms with Crippen molar-refractivity contribution in [2.45, 2.75) is 50.5 Å². The van der Waals surface area contributed by atoms with Gasteiger partial charge in [0.2, 0.25) is 0 Å². The molecular weight excluding hydrogens is 314 g/mol. The van der Waals surface area contributed by atoms with E-state index in [1.165, 1.54) is 5.56 Å². The predicted molar refractivity (Wildman–Crippen MR) is 96.8 cm³/mol. The van der Waals surface area contributed by atoms with Gasteiger partial charge in [0, 0.05) is 12.6 Å². The average molecular weight is 339 g/mol. The van der Waals surface area contributed by atoms with Crippen LogP contribution in [0.1, 0.15) is 42.9 Å². The van der Waals surface area contributed by atoms with Crippen LogP contribution in [0.5, 0.6) is 0 Å². The van der Waals surface area contributed by atoms with Crippen molar-refractivity contribution in [3.63, 3.8) is 0 Å². The van der Waals surface area contributed by atoms with Gasteiger partial charge in [-0.05, 0) is 30.4 Å². The molecule has 0 aliphatic heterocycles. The van der Waals surface area contributed by atoms with Crippen molar-refractivity contribution in [2.24, 2.45) is 0 Å². The lowest BCUT2D eigenvalue weighted by Gasteiger charge is -2.32. The van der Waals surface area contributed by atoms with E-state index in [2.05, 4.69) is 17.4 Å². The minimum Gasteiger partial charge on any atom is -0.459 e. The van der Waals surface area contributed by atoms with Crippen molar-refractivity contribution >= 4 is 5.97 Å². The van der Waals surface area contributed by atoms with Crippen molar-refractivity contribution in [2.75, 3.05) is 0 Å². The van der Waals surface area contributed by atoms with Crippen LogP contribution in [0.15, 0.2) is 60.7 Å². The van der Waals surface area contributed by atoms with Gasteiger partial charge >= 0.3 is 5.97 Å². The van der Waals surface area contributed by atoms with Gasteiger partial charge in [-0.1, -0.05) is 67.1 Å². The Morgan fingerprint density at radius 2 is 1.68 bits per heavy atom. The van der Waals surface area contributed by atoms with Crippen molar-refractivity contribution in [1.29, 1.82) is 0 Å². The minimum atomic E-state index is -1.22. The molecule has 3 rings (SSSR count). The number of carbonyl (C=O) groups is 1. The number of aliphatic hydroxyl groups is 1. The lowest BCUT2D eigenvalue weighted by molar-refractivity contribution is -0.162. The van der Waals surface area contributed by atoms with Crippen molar-refractivity contribution in [1.82, 2.24) is 5.32 Å². The second kappa shape index (κ2) is 8.79. The van der Waals surface area contributed by atoms with Crippen LogP contribution in [0.3, 0.4) is 0 Å². The zero-order valence-electron chi connectivity index (χ0n) is 14.3. The highest BCUT2D eigenvalue weighted by Gasteiger charge is 2.30. The van der Waals surface area contributed by atoms with Crippen LogP contribution in [-0.2, 0) is 16.1 Å². The Balaban J connectivity index is 1.58. The van der Waals surface area contributed by atoms with E-state index in [1.807, 2.05) is 24.3 Å². The molecular formula is C21H25NO3. The van der Waals surface area contributed by atoms with Gasteiger partial charge < -0.3 is 15.2 Å². The van der Waals surface area contributed by atoms with Gasteiger partial charge in [-0.25, -0.2) is 4.79 Å². The van der Waals surface area contributed by atoms with Gasteiger partial charge in [0.1, 0.15) is 6.10 Å². The van der Waals surface area contributed by atoms with Gasteiger partial charge in [0.05, 0.1) is 0 Å². The summed E-state index contributed by atoms with van der Waals surface area (Å²) in [5.41, 5.74) is 1.78. The fourth-order valence-corrected chi connectivity index (χ4v) is 3.30. The van der Waals surface area contributed by atoms with Crippen molar-refractivity contribution < 1.29 is 14.6 Å². The lowest BCUT2D eigenvalue weighted by atomic mass is 9.92. The highest BCUT2D eigenvalue weighted by molar-refractivity contribution is 5.76. The maximum atomic E-state index is 12.3. The Morgan fingerprint density at radius 3 is 2.40 bits per heavy atom. The zero-order chi connectivity index (χ0) is 17.5. The molecule has 2 N–H and O–H groups in total. The van der Waals surface area contributed by atoms with E-state index >= 15 is 0 Å². The van der Waals surface area contributed by atoms with Crippen molar-refractivity contribution in [3.05, 3.63) is 71.8 Å². The third-order valence-corrected chi connectivity index (χ3v) is 4.72. The Bertz CT molecular complexity index is 659. The molecule has 0 amide bonds. The molecule has 132 valence electrons. The van der Waals surface area contributed by atoms with Crippen LogP contribution in [0, 0.1) is 0 Å². The fraction of sp³-hybridized carbons (Fsp3) is 0.381. The highest BCUT2D eigenvalue weighted by Crippen LogP contribution is 2.24. The molecule has 0 heterocycles. The molecule has 4 heteroatoms. The van der Waals surface area contributed by atoms with E-state index < -0.39 is 12.1 Å². The molecule has 2 aromatic carbocycles. The molecule has 0 radical (unpaired) electrons. The first-order chi connectivity index (χ1) is 12.2. The van der Waals surface area contributed by atoms with E-state index in [1.54, 1.807) is 24.3 Å². The number of hydrogen-bond acceptors (Lipinski definition) is 4. The van der Waals surface area contributed by atoms with Crippen molar-refractivity contribution in [3.8, 4) is 0 Å². The number of benzene rings is 2. The SMILES string of the molecule is O=C(OC1CCCCC1NCc1ccccc1)C(O)c1ccccc1. The first-order valence-electron chi connectivity index (χ1n) is 8.95. The summed E-state index contributed by atoms with van der Waals surface area (Å²) in [6.07, 6.45) is 2.57. The second-order valence-corrected chi connectivity index (χ2v) is 6.55. The number of esters is 1. The van der Waals surface area contributed by atoms with Gasteiger partial charge in [-0.2, -0.15) is 0 Å². The number of rotatable bonds is 6. The molecule has 4 nitrogen and oxygen atoms in total. The summed E-state index contributed by atoms with van der Waals surface area (Å²) < 4.78 is 5.66. The van der Waals surface area contributed by atoms with Gasteiger partial charge in [-0.15, -0.1) is 0 Å². The van der Waals surface area contributed by atoms with Crippen LogP contribution in [-0.4, -0.2) is 23.2 Å². The summed E-state index contributed by atoms with van der Waals surface area (Å²) in [4.78, 5) is 12.3. The Kier molecular flexibility index (Phi) is 6.20. The Morgan fingerprint density at radius 1 is 1.04 bits per heavy atom. The van der Waals surface area contributed by atoms with Gasteiger partial charge in [0.25, 0.3) is 0 Å². The highest BCUT2D eigenvalue weighted by atomic mass is 16.6. The van der Waals surface area contributed by atoms with Crippen LogP contribution in [0.2, 0.25) is 0 Å². The number of aliphatic hydroxyl groups excluding tert-OH is 1. The van der Waals surface area contributed by atoms with Crippen LogP contribution < -0.4 is 5.32 Å². The lowest BCUT2D eigenvalue weighted by Crippen LogP contribution is -2.44. The molecule has 0 bridgehead atoms. The topological polar surface area (TPSA) is 58.6 Å². The quantitative estimate of drug-likeness (QED) is 0.792. The summed E-state index contributed by atoms with van der Waals surface area (Å²) in [5, 5.41) is 13.7. The van der Waals surface area contributed by atoms with Crippen LogP contribution >= 0.6 is 0 Å². The summed E-state index contributed by atoms with van der Waals surface area (Å²) in [5.74, 6) is -0.565. The third-order valence-electron chi connectivity index (χ3n) is 4.72. The molecule has 3 atom stereocenters. The summed E-state index contributed by atoms with van der Waals surface area (Å²) in [7, 11) is 0. The average Bonchev–Trinajstić information content (AvgIpc) is 2.68. The van der Waals surface area contributed by atoms with E-state index in [-0.39, 0.29) is 12.1 Å². The molecule has 3 unspecified atom stereocenters. The number of nitrogens with one attached hydrogen (secondary N) is 1. The first-order valence-corrected chi connectivity index (χ1v) is 8.95. The van der Waals surface area contributed by atoms with E-state index in [0.29, 0.717) is 5.56 Å². The minimum absolute atomic E-state index is 0.126. The number of carbonyl (C=O) groups excluding carboxylic acids is 1. The maximum absolute atomic E-state index is 12.3. The second-order valence-electron chi connectivity index (χ2n) is 6.55. The van der Waals surface area contributed by atoms with Gasteiger partial charge in [0.15, 0.2) is 6.10 Å². The molecule has 1 aliphatic carbocycles. The monoisotopic (exact) mass is 339 g/mol.